The highest BCUT2D eigenvalue weighted by molar-refractivity contribution is 6.32. The Kier molecular flexibility index (Phi) is 4.99. The predicted octanol–water partition coefficient (Wildman–Crippen LogP) is 4.64. The smallest absolute Gasteiger partial charge is 0.390 e. The third-order valence-electron chi connectivity index (χ3n) is 3.65. The largest absolute Gasteiger partial charge is 0.417 e. The average Bonchev–Trinajstić information content (AvgIpc) is 3.01. The lowest BCUT2D eigenvalue weighted by molar-refractivity contribution is -0.137. The van der Waals surface area contributed by atoms with E-state index in [1.54, 1.807) is 0 Å². The van der Waals surface area contributed by atoms with Gasteiger partial charge < -0.3 is 10.2 Å². The van der Waals surface area contributed by atoms with Gasteiger partial charge in [0.2, 0.25) is 0 Å². The lowest BCUT2D eigenvalue weighted by atomic mass is 10.0. The van der Waals surface area contributed by atoms with Crippen molar-refractivity contribution in [3.63, 3.8) is 0 Å². The van der Waals surface area contributed by atoms with Crippen LogP contribution >= 0.6 is 11.6 Å². The van der Waals surface area contributed by atoms with Crippen LogP contribution in [0.3, 0.4) is 0 Å². The van der Waals surface area contributed by atoms with Crippen molar-refractivity contribution in [3.05, 3.63) is 58.2 Å². The number of rotatable bonds is 4. The topological polar surface area (TPSA) is 46.5 Å². The maximum absolute atomic E-state index is 13.8. The Morgan fingerprint density at radius 2 is 1.92 bits per heavy atom. The third kappa shape index (κ3) is 3.87. The Morgan fingerprint density at radius 1 is 1.23 bits per heavy atom. The number of alkyl halides is 3. The Bertz CT molecular complexity index is 836. The second-order valence-electron chi connectivity index (χ2n) is 5.50. The number of hydrogen-bond donors (Lipinski definition) is 1. The molecule has 1 atom stereocenters. The number of pyridine rings is 1. The summed E-state index contributed by atoms with van der Waals surface area (Å²) in [6, 6.07) is 4.21. The number of nitrogens with zero attached hydrogens (tertiary/aromatic N) is 2. The SMILES string of the molecule is Fc1cccc(F)c1C1=NO[C@@H](CNc2ncc(C(F)(F)F)cc2Cl)C1. The number of oxime groups is 1. The van der Waals surface area contributed by atoms with Crippen LogP contribution in [0.25, 0.3) is 0 Å². The minimum Gasteiger partial charge on any atom is -0.390 e. The Balaban J connectivity index is 1.63. The molecule has 1 N–H and O–H groups in total. The molecule has 0 spiro atoms. The first-order valence-corrected chi connectivity index (χ1v) is 7.77. The fourth-order valence-electron chi connectivity index (χ4n) is 2.39. The van der Waals surface area contributed by atoms with Crippen molar-refractivity contribution in [3.8, 4) is 0 Å². The van der Waals surface area contributed by atoms with Crippen LogP contribution < -0.4 is 5.32 Å². The van der Waals surface area contributed by atoms with E-state index in [2.05, 4.69) is 15.5 Å². The molecule has 1 aliphatic heterocycles. The molecular formula is C16H11ClF5N3O. The second kappa shape index (κ2) is 7.06. The van der Waals surface area contributed by atoms with E-state index in [1.165, 1.54) is 6.07 Å². The first-order chi connectivity index (χ1) is 12.3. The van der Waals surface area contributed by atoms with Gasteiger partial charge in [0.15, 0.2) is 0 Å². The summed E-state index contributed by atoms with van der Waals surface area (Å²) in [5.74, 6) is -1.48. The summed E-state index contributed by atoms with van der Waals surface area (Å²) in [6.07, 6.45) is -4.36. The van der Waals surface area contributed by atoms with E-state index in [0.29, 0.717) is 6.20 Å². The zero-order valence-electron chi connectivity index (χ0n) is 12.9. The van der Waals surface area contributed by atoms with Crippen LogP contribution in [0.4, 0.5) is 27.8 Å². The fraction of sp³-hybridized carbons (Fsp3) is 0.250. The van der Waals surface area contributed by atoms with E-state index in [1.807, 2.05) is 0 Å². The molecule has 3 rings (SSSR count). The second-order valence-corrected chi connectivity index (χ2v) is 5.91. The van der Waals surface area contributed by atoms with E-state index in [-0.39, 0.29) is 35.1 Å². The minimum absolute atomic E-state index is 0.0359. The molecule has 0 radical (unpaired) electrons. The summed E-state index contributed by atoms with van der Waals surface area (Å²) < 4.78 is 65.3. The van der Waals surface area contributed by atoms with Gasteiger partial charge in [0.05, 0.1) is 28.4 Å². The first-order valence-electron chi connectivity index (χ1n) is 7.39. The lowest BCUT2D eigenvalue weighted by Gasteiger charge is -2.13. The van der Waals surface area contributed by atoms with Crippen molar-refractivity contribution in [1.82, 2.24) is 4.98 Å². The monoisotopic (exact) mass is 391 g/mol. The number of aromatic nitrogens is 1. The van der Waals surface area contributed by atoms with Crippen LogP contribution in [0, 0.1) is 11.6 Å². The van der Waals surface area contributed by atoms with Crippen LogP contribution in [0.2, 0.25) is 5.02 Å². The number of halogens is 6. The molecule has 2 heterocycles. The van der Waals surface area contributed by atoms with Crippen LogP contribution in [-0.4, -0.2) is 23.3 Å². The molecule has 10 heteroatoms. The molecule has 0 aliphatic carbocycles. The quantitative estimate of drug-likeness (QED) is 0.772. The first kappa shape index (κ1) is 18.4. The average molecular weight is 392 g/mol. The van der Waals surface area contributed by atoms with Crippen molar-refractivity contribution < 1.29 is 26.8 Å². The van der Waals surface area contributed by atoms with Crippen LogP contribution in [0.5, 0.6) is 0 Å². The van der Waals surface area contributed by atoms with Gasteiger partial charge in [-0.05, 0) is 18.2 Å². The van der Waals surface area contributed by atoms with Crippen LogP contribution in [0.1, 0.15) is 17.5 Å². The Labute approximate surface area is 149 Å². The maximum atomic E-state index is 13.8. The van der Waals surface area contributed by atoms with Crippen LogP contribution in [0.15, 0.2) is 35.6 Å². The van der Waals surface area contributed by atoms with Crippen molar-refractivity contribution in [1.29, 1.82) is 0 Å². The maximum Gasteiger partial charge on any atom is 0.417 e. The molecule has 0 saturated carbocycles. The molecule has 1 aliphatic rings. The zero-order chi connectivity index (χ0) is 18.9. The van der Waals surface area contributed by atoms with Crippen LogP contribution in [-0.2, 0) is 11.0 Å². The normalized spacial score (nSPS) is 17.0. The molecule has 0 unspecified atom stereocenters. The number of nitrogens with one attached hydrogen (secondary N) is 1. The number of anilines is 1. The molecule has 2 aromatic rings. The van der Waals surface area contributed by atoms with Crippen molar-refractivity contribution in [2.75, 3.05) is 11.9 Å². The standard InChI is InChI=1S/C16H11ClF5N3O/c17-10-4-8(16(20,21)22)6-23-15(10)24-7-9-5-13(25-26-9)14-11(18)2-1-3-12(14)19/h1-4,6,9H,5,7H2,(H,23,24)/t9-/m1/s1. The zero-order valence-corrected chi connectivity index (χ0v) is 13.7. The molecule has 26 heavy (non-hydrogen) atoms. The summed E-state index contributed by atoms with van der Waals surface area (Å²) in [5.41, 5.74) is -1.12. The van der Waals surface area contributed by atoms with Gasteiger partial charge in [-0.25, -0.2) is 13.8 Å². The number of benzene rings is 1. The molecule has 1 aromatic heterocycles. The summed E-state index contributed by atoms with van der Waals surface area (Å²) in [5, 5.41) is 6.21. The van der Waals surface area contributed by atoms with Gasteiger partial charge in [-0.1, -0.05) is 22.8 Å². The van der Waals surface area contributed by atoms with Gasteiger partial charge in [-0.15, -0.1) is 0 Å². The van der Waals surface area contributed by atoms with Crippen molar-refractivity contribution in [2.24, 2.45) is 5.16 Å². The highest BCUT2D eigenvalue weighted by Gasteiger charge is 2.32. The Hall–Kier alpha value is -2.42. The van der Waals surface area contributed by atoms with Gasteiger partial charge >= 0.3 is 6.18 Å². The van der Waals surface area contributed by atoms with Crippen molar-refractivity contribution in [2.45, 2.75) is 18.7 Å². The van der Waals surface area contributed by atoms with E-state index < -0.39 is 29.5 Å². The molecule has 1 aromatic carbocycles. The fourth-order valence-corrected chi connectivity index (χ4v) is 2.63. The Morgan fingerprint density at radius 3 is 2.54 bits per heavy atom. The minimum atomic E-state index is -4.55. The predicted molar refractivity (Wildman–Crippen MR) is 85.1 cm³/mol. The number of hydrogen-bond acceptors (Lipinski definition) is 4. The molecule has 0 bridgehead atoms. The van der Waals surface area contributed by atoms with E-state index in [0.717, 1.165) is 18.2 Å². The summed E-state index contributed by atoms with van der Waals surface area (Å²) in [7, 11) is 0. The van der Waals surface area contributed by atoms with Gasteiger partial charge in [0.25, 0.3) is 0 Å². The summed E-state index contributed by atoms with van der Waals surface area (Å²) in [4.78, 5) is 8.75. The van der Waals surface area contributed by atoms with Crippen molar-refractivity contribution >= 4 is 23.1 Å². The van der Waals surface area contributed by atoms with Gasteiger partial charge in [-0.2, -0.15) is 13.2 Å². The molecular weight excluding hydrogens is 381 g/mol. The molecule has 138 valence electrons. The molecule has 0 saturated heterocycles. The lowest BCUT2D eigenvalue weighted by Crippen LogP contribution is -2.21. The van der Waals surface area contributed by atoms with E-state index in [9.17, 15) is 22.0 Å². The molecule has 4 nitrogen and oxygen atoms in total. The van der Waals surface area contributed by atoms with Gasteiger partial charge in [-0.3, -0.25) is 0 Å². The van der Waals surface area contributed by atoms with Gasteiger partial charge in [0.1, 0.15) is 23.6 Å². The third-order valence-corrected chi connectivity index (χ3v) is 3.94. The van der Waals surface area contributed by atoms with E-state index in [4.69, 9.17) is 16.4 Å². The summed E-state index contributed by atoms with van der Waals surface area (Å²) >= 11 is 5.79. The van der Waals surface area contributed by atoms with E-state index >= 15 is 0 Å². The van der Waals surface area contributed by atoms with Gasteiger partial charge in [0, 0.05) is 12.6 Å². The summed E-state index contributed by atoms with van der Waals surface area (Å²) in [6.45, 7) is 0.0845. The highest BCUT2D eigenvalue weighted by atomic mass is 35.5. The molecule has 0 amide bonds. The molecule has 0 fully saturated rings. The highest BCUT2D eigenvalue weighted by Crippen LogP contribution is 2.32.